The fraction of sp³-hybridized carbons (Fsp3) is 0.368. The molecule has 132 valence electrons. The lowest BCUT2D eigenvalue weighted by atomic mass is 10.1. The van der Waals surface area contributed by atoms with Gasteiger partial charge in [0.15, 0.2) is 0 Å². The van der Waals surface area contributed by atoms with Gasteiger partial charge >= 0.3 is 0 Å². The Morgan fingerprint density at radius 2 is 1.92 bits per heavy atom. The number of hydrogen-bond acceptors (Lipinski definition) is 5. The van der Waals surface area contributed by atoms with Crippen molar-refractivity contribution in [3.8, 4) is 0 Å². The van der Waals surface area contributed by atoms with Gasteiger partial charge in [0.05, 0.1) is 11.3 Å². The minimum absolute atomic E-state index is 0.417. The van der Waals surface area contributed by atoms with Gasteiger partial charge in [0.1, 0.15) is 5.65 Å². The van der Waals surface area contributed by atoms with E-state index in [4.69, 9.17) is 5.73 Å². The van der Waals surface area contributed by atoms with Crippen molar-refractivity contribution in [1.82, 2.24) is 19.4 Å². The highest BCUT2D eigenvalue weighted by molar-refractivity contribution is 5.92. The maximum absolute atomic E-state index is 11.3. The van der Waals surface area contributed by atoms with Crippen LogP contribution >= 0.6 is 0 Å². The second-order valence-electron chi connectivity index (χ2n) is 7.26. The summed E-state index contributed by atoms with van der Waals surface area (Å²) >= 11 is 0. The quantitative estimate of drug-likeness (QED) is 0.755. The Morgan fingerprint density at radius 1 is 1.15 bits per heavy atom. The van der Waals surface area contributed by atoms with Crippen LogP contribution < -0.4 is 10.6 Å². The van der Waals surface area contributed by atoms with Gasteiger partial charge in [0, 0.05) is 37.9 Å². The molecule has 1 aliphatic carbocycles. The van der Waals surface area contributed by atoms with E-state index in [2.05, 4.69) is 19.9 Å². The summed E-state index contributed by atoms with van der Waals surface area (Å²) in [7, 11) is 0. The zero-order chi connectivity index (χ0) is 17.7. The topological polar surface area (TPSA) is 89.4 Å². The fourth-order valence-corrected chi connectivity index (χ4v) is 4.32. The van der Waals surface area contributed by atoms with Crippen molar-refractivity contribution >= 4 is 17.5 Å². The van der Waals surface area contributed by atoms with Crippen LogP contribution in [0.2, 0.25) is 0 Å². The molecule has 7 nitrogen and oxygen atoms in total. The number of nitrogens with two attached hydrogens (primary N) is 1. The van der Waals surface area contributed by atoms with Gasteiger partial charge in [-0.15, -0.1) is 0 Å². The Balaban J connectivity index is 1.20. The monoisotopic (exact) mass is 348 g/mol. The number of aromatic nitrogens is 4. The van der Waals surface area contributed by atoms with Gasteiger partial charge in [0.25, 0.3) is 0 Å². The van der Waals surface area contributed by atoms with Gasteiger partial charge in [-0.2, -0.15) is 0 Å². The van der Waals surface area contributed by atoms with Crippen LogP contribution in [-0.2, 0) is 6.42 Å². The Labute approximate surface area is 150 Å². The van der Waals surface area contributed by atoms with Crippen molar-refractivity contribution in [2.75, 3.05) is 18.0 Å². The van der Waals surface area contributed by atoms with Crippen LogP contribution in [0.5, 0.6) is 0 Å². The van der Waals surface area contributed by atoms with E-state index in [0.29, 0.717) is 5.56 Å². The number of imidazole rings is 1. The van der Waals surface area contributed by atoms with E-state index < -0.39 is 5.91 Å². The number of primary amides is 1. The van der Waals surface area contributed by atoms with Gasteiger partial charge in [-0.05, 0) is 48.8 Å². The molecule has 5 rings (SSSR count). The van der Waals surface area contributed by atoms with Crippen LogP contribution in [0.1, 0.15) is 22.5 Å². The lowest BCUT2D eigenvalue weighted by Crippen LogP contribution is -2.25. The van der Waals surface area contributed by atoms with Crippen molar-refractivity contribution in [3.63, 3.8) is 0 Å². The number of anilines is 1. The van der Waals surface area contributed by atoms with Gasteiger partial charge in [0.2, 0.25) is 11.9 Å². The van der Waals surface area contributed by atoms with E-state index in [1.165, 1.54) is 0 Å². The summed E-state index contributed by atoms with van der Waals surface area (Å²) in [6, 6.07) is 5.41. The molecule has 3 aromatic heterocycles. The molecule has 2 unspecified atom stereocenters. The molecule has 0 radical (unpaired) electrons. The van der Waals surface area contributed by atoms with Crippen molar-refractivity contribution in [3.05, 3.63) is 54.2 Å². The van der Waals surface area contributed by atoms with E-state index in [9.17, 15) is 4.79 Å². The van der Waals surface area contributed by atoms with Crippen LogP contribution in [0.4, 0.5) is 5.95 Å². The summed E-state index contributed by atoms with van der Waals surface area (Å²) in [4.78, 5) is 26.9. The molecule has 2 aliphatic rings. The first-order chi connectivity index (χ1) is 12.7. The molecule has 2 N–H and O–H groups in total. The summed E-state index contributed by atoms with van der Waals surface area (Å²) < 4.78 is 1.89. The lowest BCUT2D eigenvalue weighted by molar-refractivity contribution is 0.1000. The molecular weight excluding hydrogens is 328 g/mol. The van der Waals surface area contributed by atoms with E-state index in [-0.39, 0.29) is 0 Å². The number of pyridine rings is 1. The first-order valence-corrected chi connectivity index (χ1v) is 8.98. The van der Waals surface area contributed by atoms with Crippen molar-refractivity contribution < 1.29 is 4.79 Å². The fourth-order valence-electron chi connectivity index (χ4n) is 4.32. The highest BCUT2D eigenvalue weighted by Gasteiger charge is 2.55. The summed E-state index contributed by atoms with van der Waals surface area (Å²) in [6.07, 6.45) is 9.48. The smallest absolute Gasteiger partial charge is 0.250 e. The number of carbonyl (C=O) groups is 1. The normalized spacial score (nSPS) is 24.0. The zero-order valence-electron chi connectivity index (χ0n) is 14.3. The lowest BCUT2D eigenvalue weighted by Gasteiger charge is -2.19. The van der Waals surface area contributed by atoms with E-state index in [1.54, 1.807) is 24.7 Å². The van der Waals surface area contributed by atoms with Crippen molar-refractivity contribution in [2.45, 2.75) is 12.8 Å². The van der Waals surface area contributed by atoms with E-state index in [1.807, 2.05) is 22.7 Å². The average molecular weight is 348 g/mol. The molecular formula is C19H20N6O. The second kappa shape index (κ2) is 5.79. The number of amides is 1. The molecule has 0 spiro atoms. The molecule has 2 fully saturated rings. The number of carbonyl (C=O) groups excluding carboxylic acids is 1. The summed E-state index contributed by atoms with van der Waals surface area (Å²) in [5.74, 6) is 2.74. The molecule has 7 heteroatoms. The number of aryl methyl sites for hydroxylation is 1. The maximum Gasteiger partial charge on any atom is 0.250 e. The molecule has 0 aromatic carbocycles. The Bertz CT molecular complexity index is 957. The molecule has 2 atom stereocenters. The predicted molar refractivity (Wildman–Crippen MR) is 96.7 cm³/mol. The molecule has 4 heterocycles. The zero-order valence-corrected chi connectivity index (χ0v) is 14.3. The largest absolute Gasteiger partial charge is 0.366 e. The highest BCUT2D eigenvalue weighted by atomic mass is 16.1. The van der Waals surface area contributed by atoms with Gasteiger partial charge in [-0.3, -0.25) is 4.79 Å². The third-order valence-electron chi connectivity index (χ3n) is 5.73. The van der Waals surface area contributed by atoms with Crippen LogP contribution in [0.3, 0.4) is 0 Å². The SMILES string of the molecule is NC(=O)c1ccc2nc(CCC3C4CN(c5ncccn5)CC34)cn2c1. The Hall–Kier alpha value is -2.96. The predicted octanol–water partition coefficient (Wildman–Crippen LogP) is 1.54. The standard InChI is InChI=1S/C19H20N6O/c20-18(26)12-2-5-17-23-13(9-24(17)8-12)3-4-14-15-10-25(11-16(14)15)19-21-6-1-7-22-19/h1-2,5-9,14-16H,3-4,10-11H2,(H2,20,26). The summed E-state index contributed by atoms with van der Waals surface area (Å²) in [6.45, 7) is 2.12. The van der Waals surface area contributed by atoms with Crippen LogP contribution in [0.25, 0.3) is 5.65 Å². The van der Waals surface area contributed by atoms with E-state index in [0.717, 1.165) is 61.0 Å². The first kappa shape index (κ1) is 15.3. The summed E-state index contributed by atoms with van der Waals surface area (Å²) in [5, 5.41) is 0. The van der Waals surface area contributed by atoms with Gasteiger partial charge in [-0.1, -0.05) is 0 Å². The minimum Gasteiger partial charge on any atom is -0.366 e. The van der Waals surface area contributed by atoms with Crippen LogP contribution in [0.15, 0.2) is 43.0 Å². The van der Waals surface area contributed by atoms with Gasteiger partial charge in [-0.25, -0.2) is 15.0 Å². The minimum atomic E-state index is -0.417. The van der Waals surface area contributed by atoms with E-state index >= 15 is 0 Å². The molecule has 3 aromatic rings. The molecule has 26 heavy (non-hydrogen) atoms. The summed E-state index contributed by atoms with van der Waals surface area (Å²) in [5.41, 5.74) is 7.76. The number of hydrogen-bond donors (Lipinski definition) is 1. The van der Waals surface area contributed by atoms with Crippen molar-refractivity contribution in [2.24, 2.45) is 23.5 Å². The molecule has 1 saturated carbocycles. The first-order valence-electron chi connectivity index (χ1n) is 8.98. The molecule has 1 aliphatic heterocycles. The average Bonchev–Trinajstić information content (AvgIpc) is 3.02. The van der Waals surface area contributed by atoms with Crippen LogP contribution in [-0.4, -0.2) is 38.3 Å². The number of rotatable bonds is 5. The number of fused-ring (bicyclic) bond motifs is 2. The Kier molecular flexibility index (Phi) is 3.41. The van der Waals surface area contributed by atoms with Crippen molar-refractivity contribution in [1.29, 1.82) is 0 Å². The molecule has 1 amide bonds. The highest BCUT2D eigenvalue weighted by Crippen LogP contribution is 2.54. The number of piperidine rings is 1. The van der Waals surface area contributed by atoms with Gasteiger partial charge < -0.3 is 15.0 Å². The third-order valence-corrected chi connectivity index (χ3v) is 5.73. The Morgan fingerprint density at radius 3 is 2.65 bits per heavy atom. The third kappa shape index (κ3) is 2.60. The number of nitrogens with zero attached hydrogens (tertiary/aromatic N) is 5. The second-order valence-corrected chi connectivity index (χ2v) is 7.26. The molecule has 0 bridgehead atoms. The maximum atomic E-state index is 11.3. The molecule has 1 saturated heterocycles. The van der Waals surface area contributed by atoms with Crippen LogP contribution in [0, 0.1) is 17.8 Å².